The Labute approximate surface area is 150 Å². The second-order valence-electron chi connectivity index (χ2n) is 8.27. The molecule has 1 N–H and O–H groups in total. The van der Waals surface area contributed by atoms with Gasteiger partial charge in [-0.15, -0.1) is 0 Å². The molecule has 0 aromatic carbocycles. The molecule has 140 valence electrons. The number of hydrogen-bond acceptors (Lipinski definition) is 3. The third-order valence-corrected chi connectivity index (χ3v) is 6.36. The first-order chi connectivity index (χ1) is 11.9. The lowest BCUT2D eigenvalue weighted by Crippen LogP contribution is -2.54. The van der Waals surface area contributed by atoms with Crippen LogP contribution >= 0.6 is 0 Å². The zero-order chi connectivity index (χ0) is 18.2. The number of amides is 4. The molecule has 0 aromatic rings. The van der Waals surface area contributed by atoms with Crippen molar-refractivity contribution in [2.45, 2.75) is 89.8 Å². The van der Waals surface area contributed by atoms with Crippen molar-refractivity contribution >= 4 is 17.8 Å². The standard InChI is InChI=1S/C19H31N3O3/c1-13(2)22(15-9-4-5-10-15)16(23)12-21-17(24)19(20-18(21)25)11-7-6-8-14(19)3/h13-15H,4-12H2,1-3H3,(H,20,25). The molecule has 6 heteroatoms. The number of hydrogen-bond donors (Lipinski definition) is 1. The Morgan fingerprint density at radius 2 is 1.84 bits per heavy atom. The average molecular weight is 349 g/mol. The van der Waals surface area contributed by atoms with E-state index in [1.165, 1.54) is 0 Å². The molecule has 1 heterocycles. The summed E-state index contributed by atoms with van der Waals surface area (Å²) in [5, 5.41) is 2.93. The number of nitrogens with zero attached hydrogens (tertiary/aromatic N) is 2. The van der Waals surface area contributed by atoms with E-state index in [2.05, 4.69) is 5.32 Å². The minimum absolute atomic E-state index is 0.0823. The molecule has 2 atom stereocenters. The van der Waals surface area contributed by atoms with Crippen LogP contribution in [0.2, 0.25) is 0 Å². The number of nitrogens with one attached hydrogen (secondary N) is 1. The third-order valence-electron chi connectivity index (χ3n) is 6.36. The maximum Gasteiger partial charge on any atom is 0.325 e. The molecule has 6 nitrogen and oxygen atoms in total. The zero-order valence-electron chi connectivity index (χ0n) is 15.7. The minimum Gasteiger partial charge on any atom is -0.336 e. The van der Waals surface area contributed by atoms with Gasteiger partial charge < -0.3 is 10.2 Å². The van der Waals surface area contributed by atoms with Crippen molar-refractivity contribution in [1.82, 2.24) is 15.1 Å². The van der Waals surface area contributed by atoms with Gasteiger partial charge in [0.15, 0.2) is 0 Å². The molecule has 2 unspecified atom stereocenters. The second-order valence-corrected chi connectivity index (χ2v) is 8.27. The molecule has 3 fully saturated rings. The van der Waals surface area contributed by atoms with Crippen LogP contribution in [0.5, 0.6) is 0 Å². The summed E-state index contributed by atoms with van der Waals surface area (Å²) in [6.07, 6.45) is 7.98. The Hall–Kier alpha value is -1.59. The van der Waals surface area contributed by atoms with Gasteiger partial charge in [-0.3, -0.25) is 14.5 Å². The molecule has 1 spiro atoms. The van der Waals surface area contributed by atoms with E-state index in [4.69, 9.17) is 0 Å². The van der Waals surface area contributed by atoms with Crippen molar-refractivity contribution in [3.63, 3.8) is 0 Å². The van der Waals surface area contributed by atoms with E-state index < -0.39 is 11.6 Å². The fraction of sp³-hybridized carbons (Fsp3) is 0.842. The summed E-state index contributed by atoms with van der Waals surface area (Å²) in [5.41, 5.74) is -0.786. The van der Waals surface area contributed by atoms with Crippen LogP contribution in [0, 0.1) is 5.92 Å². The van der Waals surface area contributed by atoms with E-state index in [0.29, 0.717) is 6.42 Å². The summed E-state index contributed by atoms with van der Waals surface area (Å²) < 4.78 is 0. The first kappa shape index (κ1) is 18.2. The summed E-state index contributed by atoms with van der Waals surface area (Å²) in [6, 6.07) is -0.0722. The van der Waals surface area contributed by atoms with Crippen LogP contribution in [-0.4, -0.2) is 51.8 Å². The van der Waals surface area contributed by atoms with Gasteiger partial charge in [0.05, 0.1) is 0 Å². The van der Waals surface area contributed by atoms with Crippen molar-refractivity contribution in [1.29, 1.82) is 0 Å². The first-order valence-electron chi connectivity index (χ1n) is 9.82. The second kappa shape index (κ2) is 6.96. The number of imide groups is 1. The maximum absolute atomic E-state index is 13.0. The lowest BCUT2D eigenvalue weighted by molar-refractivity contribution is -0.142. The van der Waals surface area contributed by atoms with Crippen LogP contribution in [0.1, 0.15) is 72.1 Å². The Kier molecular flexibility index (Phi) is 5.07. The molecule has 1 aliphatic heterocycles. The quantitative estimate of drug-likeness (QED) is 0.793. The molecule has 0 bridgehead atoms. The Morgan fingerprint density at radius 3 is 2.44 bits per heavy atom. The highest BCUT2D eigenvalue weighted by Crippen LogP contribution is 2.38. The highest BCUT2D eigenvalue weighted by Gasteiger charge is 2.55. The topological polar surface area (TPSA) is 69.7 Å². The van der Waals surface area contributed by atoms with E-state index in [-0.39, 0.29) is 36.4 Å². The van der Waals surface area contributed by atoms with Gasteiger partial charge in [0.2, 0.25) is 5.91 Å². The van der Waals surface area contributed by atoms with Gasteiger partial charge in [-0.2, -0.15) is 0 Å². The van der Waals surface area contributed by atoms with Crippen LogP contribution < -0.4 is 5.32 Å². The maximum atomic E-state index is 13.0. The summed E-state index contributed by atoms with van der Waals surface area (Å²) in [5.74, 6) is -0.187. The van der Waals surface area contributed by atoms with Gasteiger partial charge in [0.25, 0.3) is 5.91 Å². The molecular formula is C19H31N3O3. The first-order valence-corrected chi connectivity index (χ1v) is 9.82. The normalized spacial score (nSPS) is 30.4. The van der Waals surface area contributed by atoms with Gasteiger partial charge in [0.1, 0.15) is 12.1 Å². The molecule has 0 aromatic heterocycles. The number of carbonyl (C=O) groups excluding carboxylic acids is 3. The Bertz CT molecular complexity index is 556. The monoisotopic (exact) mass is 349 g/mol. The SMILES string of the molecule is CC(C)N(C(=O)CN1C(=O)NC2(CCCCC2C)C1=O)C1CCCC1. The highest BCUT2D eigenvalue weighted by atomic mass is 16.2. The van der Waals surface area contributed by atoms with Gasteiger partial charge >= 0.3 is 6.03 Å². The largest absolute Gasteiger partial charge is 0.336 e. The van der Waals surface area contributed by atoms with Crippen molar-refractivity contribution < 1.29 is 14.4 Å². The molecule has 4 amide bonds. The van der Waals surface area contributed by atoms with Crippen LogP contribution in [0.4, 0.5) is 4.79 Å². The Morgan fingerprint density at radius 1 is 1.20 bits per heavy atom. The predicted molar refractivity (Wildman–Crippen MR) is 94.8 cm³/mol. The Balaban J connectivity index is 1.74. The predicted octanol–water partition coefficient (Wildman–Crippen LogP) is 2.67. The van der Waals surface area contributed by atoms with Crippen LogP contribution in [0.25, 0.3) is 0 Å². The molecule has 0 radical (unpaired) electrons. The van der Waals surface area contributed by atoms with E-state index in [9.17, 15) is 14.4 Å². The summed E-state index contributed by atoms with van der Waals surface area (Å²) in [4.78, 5) is 41.5. The van der Waals surface area contributed by atoms with Crippen LogP contribution in [0.3, 0.4) is 0 Å². The molecular weight excluding hydrogens is 318 g/mol. The molecule has 3 rings (SSSR count). The zero-order valence-corrected chi connectivity index (χ0v) is 15.7. The summed E-state index contributed by atoms with van der Waals surface area (Å²) in [6.45, 7) is 5.91. The van der Waals surface area contributed by atoms with Gasteiger partial charge in [0, 0.05) is 12.1 Å². The van der Waals surface area contributed by atoms with Gasteiger partial charge in [-0.25, -0.2) is 4.79 Å². The minimum atomic E-state index is -0.786. The summed E-state index contributed by atoms with van der Waals surface area (Å²) in [7, 11) is 0. The fourth-order valence-corrected chi connectivity index (χ4v) is 4.95. The van der Waals surface area contributed by atoms with E-state index in [1.807, 2.05) is 25.7 Å². The van der Waals surface area contributed by atoms with E-state index in [1.54, 1.807) is 0 Å². The molecule has 2 aliphatic carbocycles. The van der Waals surface area contributed by atoms with Crippen molar-refractivity contribution in [3.05, 3.63) is 0 Å². The molecule has 25 heavy (non-hydrogen) atoms. The van der Waals surface area contributed by atoms with Crippen LogP contribution in [-0.2, 0) is 9.59 Å². The van der Waals surface area contributed by atoms with Crippen LogP contribution in [0.15, 0.2) is 0 Å². The van der Waals surface area contributed by atoms with E-state index in [0.717, 1.165) is 49.8 Å². The number of rotatable bonds is 4. The third kappa shape index (κ3) is 3.15. The lowest BCUT2D eigenvalue weighted by Gasteiger charge is -2.37. The number of urea groups is 1. The number of carbonyl (C=O) groups is 3. The van der Waals surface area contributed by atoms with Crippen molar-refractivity contribution in [3.8, 4) is 0 Å². The van der Waals surface area contributed by atoms with Gasteiger partial charge in [-0.05, 0) is 45.4 Å². The van der Waals surface area contributed by atoms with Crippen molar-refractivity contribution in [2.24, 2.45) is 5.92 Å². The molecule has 2 saturated carbocycles. The fourth-order valence-electron chi connectivity index (χ4n) is 4.95. The highest BCUT2D eigenvalue weighted by molar-refractivity contribution is 6.09. The molecule has 3 aliphatic rings. The van der Waals surface area contributed by atoms with E-state index >= 15 is 0 Å². The summed E-state index contributed by atoms with van der Waals surface area (Å²) >= 11 is 0. The smallest absolute Gasteiger partial charge is 0.325 e. The average Bonchev–Trinajstić information content (AvgIpc) is 3.14. The van der Waals surface area contributed by atoms with Crippen molar-refractivity contribution in [2.75, 3.05) is 6.54 Å². The molecule has 1 saturated heterocycles. The van der Waals surface area contributed by atoms with Gasteiger partial charge in [-0.1, -0.05) is 32.6 Å². The lowest BCUT2D eigenvalue weighted by atomic mass is 9.73.